The average molecular weight is 312 g/mol. The minimum absolute atomic E-state index is 0.180. The highest BCUT2D eigenvalue weighted by Crippen LogP contribution is 2.36. The Kier molecular flexibility index (Phi) is 6.21. The van der Waals surface area contributed by atoms with Crippen molar-refractivity contribution in [2.24, 2.45) is 4.99 Å². The van der Waals surface area contributed by atoms with E-state index in [0.29, 0.717) is 11.3 Å². The number of rotatable bonds is 4. The average Bonchev–Trinajstić information content (AvgIpc) is 2.95. The zero-order chi connectivity index (χ0) is 15.1. The van der Waals surface area contributed by atoms with Crippen molar-refractivity contribution in [3.63, 3.8) is 0 Å². The number of carbonyl (C=O) groups excluding carboxylic acids is 1. The minimum Gasteiger partial charge on any atom is -0.355 e. The van der Waals surface area contributed by atoms with Crippen molar-refractivity contribution >= 4 is 23.6 Å². The molecule has 0 bridgehead atoms. The van der Waals surface area contributed by atoms with E-state index in [2.05, 4.69) is 22.5 Å². The molecule has 0 saturated carbocycles. The molecular formula is C15H28N4OS. The van der Waals surface area contributed by atoms with Crippen LogP contribution in [-0.2, 0) is 4.79 Å². The van der Waals surface area contributed by atoms with Crippen LogP contribution in [0.5, 0.6) is 0 Å². The molecule has 1 unspecified atom stereocenters. The largest absolute Gasteiger partial charge is 0.355 e. The van der Waals surface area contributed by atoms with Crippen LogP contribution < -0.4 is 10.6 Å². The van der Waals surface area contributed by atoms with Gasteiger partial charge in [0.2, 0.25) is 5.91 Å². The number of hydrogen-bond donors (Lipinski definition) is 2. The van der Waals surface area contributed by atoms with Crippen molar-refractivity contribution in [2.75, 3.05) is 39.0 Å². The van der Waals surface area contributed by atoms with E-state index in [4.69, 9.17) is 0 Å². The Bertz CT molecular complexity index is 374. The second-order valence-electron chi connectivity index (χ2n) is 6.12. The summed E-state index contributed by atoms with van der Waals surface area (Å²) in [6, 6.07) is 0. The molecule has 0 aromatic carbocycles. The number of nitrogens with one attached hydrogen (secondary N) is 2. The van der Waals surface area contributed by atoms with Crippen LogP contribution in [0.1, 0.15) is 39.0 Å². The van der Waals surface area contributed by atoms with Crippen LogP contribution in [0.2, 0.25) is 0 Å². The summed E-state index contributed by atoms with van der Waals surface area (Å²) in [5.41, 5.74) is 0. The van der Waals surface area contributed by atoms with Crippen LogP contribution in [0.4, 0.5) is 0 Å². The normalized spacial score (nSPS) is 26.8. The van der Waals surface area contributed by atoms with Gasteiger partial charge in [0.1, 0.15) is 0 Å². The first-order valence-electron chi connectivity index (χ1n) is 7.99. The first-order chi connectivity index (χ1) is 10.1. The highest BCUT2D eigenvalue weighted by Gasteiger charge is 2.29. The summed E-state index contributed by atoms with van der Waals surface area (Å²) >= 11 is 2.02. The van der Waals surface area contributed by atoms with Crippen LogP contribution in [0.25, 0.3) is 0 Å². The van der Waals surface area contributed by atoms with Crippen LogP contribution in [0.15, 0.2) is 4.99 Å². The van der Waals surface area contributed by atoms with Gasteiger partial charge in [0, 0.05) is 31.4 Å². The third-order valence-corrected chi connectivity index (χ3v) is 5.81. The van der Waals surface area contributed by atoms with Crippen LogP contribution >= 0.6 is 11.8 Å². The Hall–Kier alpha value is -0.910. The Morgan fingerprint density at radius 3 is 2.62 bits per heavy atom. The maximum absolute atomic E-state index is 12.1. The van der Waals surface area contributed by atoms with Crippen molar-refractivity contribution in [2.45, 2.75) is 43.8 Å². The molecule has 2 aliphatic heterocycles. The molecule has 21 heavy (non-hydrogen) atoms. The van der Waals surface area contributed by atoms with E-state index in [9.17, 15) is 4.79 Å². The van der Waals surface area contributed by atoms with Gasteiger partial charge in [-0.1, -0.05) is 0 Å². The Labute approximate surface area is 132 Å². The molecule has 5 nitrogen and oxygen atoms in total. The van der Waals surface area contributed by atoms with E-state index >= 15 is 0 Å². The SMILES string of the molecule is CN=C(NCC(=O)N1CCCCC1)NCC1(C)CCCS1. The maximum Gasteiger partial charge on any atom is 0.241 e. The molecular weight excluding hydrogens is 284 g/mol. The molecule has 1 atom stereocenters. The van der Waals surface area contributed by atoms with Gasteiger partial charge in [0.05, 0.1) is 6.54 Å². The summed E-state index contributed by atoms with van der Waals surface area (Å²) in [6.07, 6.45) is 6.05. The summed E-state index contributed by atoms with van der Waals surface area (Å²) in [5, 5.41) is 6.50. The summed E-state index contributed by atoms with van der Waals surface area (Å²) in [5.74, 6) is 2.16. The van der Waals surface area contributed by atoms with Gasteiger partial charge in [-0.05, 0) is 44.8 Å². The predicted molar refractivity (Wildman–Crippen MR) is 89.9 cm³/mol. The van der Waals surface area contributed by atoms with Gasteiger partial charge in [-0.2, -0.15) is 11.8 Å². The number of guanidine groups is 1. The molecule has 0 spiro atoms. The smallest absolute Gasteiger partial charge is 0.241 e. The van der Waals surface area contributed by atoms with Crippen molar-refractivity contribution in [3.8, 4) is 0 Å². The molecule has 2 heterocycles. The summed E-state index contributed by atoms with van der Waals surface area (Å²) in [4.78, 5) is 18.3. The van der Waals surface area contributed by atoms with Gasteiger partial charge < -0.3 is 15.5 Å². The lowest BCUT2D eigenvalue weighted by molar-refractivity contribution is -0.130. The van der Waals surface area contributed by atoms with Gasteiger partial charge in [-0.25, -0.2) is 0 Å². The molecule has 0 aliphatic carbocycles. The van der Waals surface area contributed by atoms with E-state index < -0.39 is 0 Å². The number of amides is 1. The number of likely N-dealkylation sites (tertiary alicyclic amines) is 1. The fraction of sp³-hybridized carbons (Fsp3) is 0.867. The third kappa shape index (κ3) is 5.09. The zero-order valence-corrected chi connectivity index (χ0v) is 14.1. The van der Waals surface area contributed by atoms with Gasteiger partial charge in [0.15, 0.2) is 5.96 Å². The fourth-order valence-electron chi connectivity index (χ4n) is 2.88. The zero-order valence-electron chi connectivity index (χ0n) is 13.3. The summed E-state index contributed by atoms with van der Waals surface area (Å²) in [7, 11) is 1.75. The number of aliphatic imine (C=N–C) groups is 1. The lowest BCUT2D eigenvalue weighted by atomic mass is 10.1. The van der Waals surface area contributed by atoms with Gasteiger partial charge in [-0.3, -0.25) is 9.79 Å². The first-order valence-corrected chi connectivity index (χ1v) is 8.98. The summed E-state index contributed by atoms with van der Waals surface area (Å²) < 4.78 is 0.300. The van der Waals surface area contributed by atoms with Gasteiger partial charge >= 0.3 is 0 Å². The van der Waals surface area contributed by atoms with E-state index in [1.165, 1.54) is 25.0 Å². The van der Waals surface area contributed by atoms with E-state index in [0.717, 1.165) is 38.4 Å². The lowest BCUT2D eigenvalue weighted by Crippen LogP contribution is -2.48. The quantitative estimate of drug-likeness (QED) is 0.609. The molecule has 2 saturated heterocycles. The van der Waals surface area contributed by atoms with Crippen molar-refractivity contribution in [3.05, 3.63) is 0 Å². The number of hydrogen-bond acceptors (Lipinski definition) is 3. The van der Waals surface area contributed by atoms with Crippen molar-refractivity contribution in [1.82, 2.24) is 15.5 Å². The second kappa shape index (κ2) is 7.92. The topological polar surface area (TPSA) is 56.7 Å². The van der Waals surface area contributed by atoms with Crippen molar-refractivity contribution < 1.29 is 4.79 Å². The molecule has 2 rings (SSSR count). The summed E-state index contributed by atoms with van der Waals surface area (Å²) in [6.45, 7) is 5.34. The van der Waals surface area contributed by atoms with Crippen molar-refractivity contribution in [1.29, 1.82) is 0 Å². The molecule has 2 fully saturated rings. The van der Waals surface area contributed by atoms with Gasteiger partial charge in [0.25, 0.3) is 0 Å². The Morgan fingerprint density at radius 2 is 2.00 bits per heavy atom. The molecule has 120 valence electrons. The van der Waals surface area contributed by atoms with Crippen LogP contribution in [0, 0.1) is 0 Å². The van der Waals surface area contributed by atoms with Gasteiger partial charge in [-0.15, -0.1) is 0 Å². The molecule has 1 amide bonds. The van der Waals surface area contributed by atoms with E-state index in [1.807, 2.05) is 16.7 Å². The number of thioether (sulfide) groups is 1. The lowest BCUT2D eigenvalue weighted by Gasteiger charge is -2.27. The number of nitrogens with zero attached hydrogens (tertiary/aromatic N) is 2. The fourth-order valence-corrected chi connectivity index (χ4v) is 4.13. The second-order valence-corrected chi connectivity index (χ2v) is 7.81. The van der Waals surface area contributed by atoms with E-state index in [1.54, 1.807) is 7.05 Å². The molecule has 0 radical (unpaired) electrons. The Morgan fingerprint density at radius 1 is 1.24 bits per heavy atom. The van der Waals surface area contributed by atoms with Crippen LogP contribution in [-0.4, -0.2) is 60.5 Å². The number of piperidine rings is 1. The monoisotopic (exact) mass is 312 g/mol. The molecule has 0 aromatic rings. The molecule has 6 heteroatoms. The molecule has 2 N–H and O–H groups in total. The molecule has 0 aromatic heterocycles. The first kappa shape index (κ1) is 16.5. The number of carbonyl (C=O) groups is 1. The maximum atomic E-state index is 12.1. The standard InChI is InChI=1S/C15H28N4OS/c1-15(7-6-10-21-15)12-18-14(16-2)17-11-13(20)19-8-4-3-5-9-19/h3-12H2,1-2H3,(H2,16,17,18). The highest BCUT2D eigenvalue weighted by atomic mass is 32.2. The third-order valence-electron chi connectivity index (χ3n) is 4.27. The minimum atomic E-state index is 0.180. The Balaban J connectivity index is 1.70. The predicted octanol–water partition coefficient (Wildman–Crippen LogP) is 1.45. The van der Waals surface area contributed by atoms with E-state index in [-0.39, 0.29) is 5.91 Å². The highest BCUT2D eigenvalue weighted by molar-refractivity contribution is 8.00. The van der Waals surface area contributed by atoms with Crippen LogP contribution in [0.3, 0.4) is 0 Å². The molecule has 2 aliphatic rings.